The molecule has 0 rings (SSSR count). The van der Waals surface area contributed by atoms with Crippen molar-refractivity contribution < 1.29 is 24.5 Å². The molecule has 0 aliphatic carbocycles. The maximum atomic E-state index is 12.5. The molecule has 0 aromatic rings. The van der Waals surface area contributed by atoms with E-state index in [1.54, 1.807) is 6.08 Å². The average molecular weight is 1220 g/mol. The van der Waals surface area contributed by atoms with E-state index < -0.39 is 12.1 Å². The number of carbonyl (C=O) groups excluding carboxylic acids is 2. The number of rotatable bonds is 74. The molecule has 512 valence electrons. The van der Waals surface area contributed by atoms with E-state index in [1.165, 1.54) is 353 Å². The van der Waals surface area contributed by atoms with E-state index >= 15 is 0 Å². The number of amides is 1. The number of allylic oxidation sites excluding steroid dienone is 7. The minimum atomic E-state index is -0.846. The molecule has 0 radical (unpaired) electrons. The van der Waals surface area contributed by atoms with Crippen LogP contribution in [0.1, 0.15) is 431 Å². The van der Waals surface area contributed by atoms with E-state index in [4.69, 9.17) is 4.74 Å². The molecule has 0 saturated carbocycles. The first kappa shape index (κ1) is 84.8. The van der Waals surface area contributed by atoms with Crippen molar-refractivity contribution in [3.63, 3.8) is 0 Å². The number of esters is 1. The fraction of sp³-hybridized carbons (Fsp3) is 0.877. The lowest BCUT2D eigenvalue weighted by atomic mass is 10.0. The van der Waals surface area contributed by atoms with Crippen LogP contribution in [-0.4, -0.2) is 47.4 Å². The molecule has 0 aromatic heterocycles. The first-order valence-corrected chi connectivity index (χ1v) is 39.4. The number of hydrogen-bond acceptors (Lipinski definition) is 5. The molecule has 0 aliphatic rings. The summed E-state index contributed by atoms with van der Waals surface area (Å²) in [6.07, 6.45) is 101. The maximum absolute atomic E-state index is 12.5. The van der Waals surface area contributed by atoms with Crippen LogP contribution in [0, 0.1) is 0 Å². The Labute approximate surface area is 544 Å². The summed E-state index contributed by atoms with van der Waals surface area (Å²) in [7, 11) is 0. The maximum Gasteiger partial charge on any atom is 0.305 e. The highest BCUT2D eigenvalue weighted by Gasteiger charge is 2.18. The van der Waals surface area contributed by atoms with Gasteiger partial charge < -0.3 is 20.3 Å². The van der Waals surface area contributed by atoms with E-state index in [-0.39, 0.29) is 18.5 Å². The van der Waals surface area contributed by atoms with Crippen LogP contribution in [0.25, 0.3) is 0 Å². The van der Waals surface area contributed by atoms with Crippen LogP contribution in [0.2, 0.25) is 0 Å². The van der Waals surface area contributed by atoms with E-state index in [9.17, 15) is 19.8 Å². The topological polar surface area (TPSA) is 95.9 Å². The Balaban J connectivity index is 3.39. The second kappa shape index (κ2) is 76.3. The standard InChI is InChI=1S/C81H153NO5/c1-3-5-7-9-11-13-15-17-19-21-22-23-32-35-38-42-45-49-53-57-61-65-69-73-79(84)78(77-83)82-80(85)74-70-66-62-58-54-50-46-43-39-36-33-30-28-26-24-25-27-29-31-34-37-40-44-48-52-56-60-64-68-72-76-87-81(86)75-71-67-63-59-55-51-47-41-20-18-16-14-12-10-8-6-4-2/h12,14,18,20,25,27,69,73,78-79,83-84H,3-11,13,15-17,19,21-24,26,28-68,70-72,74-77H2,1-2H3,(H,82,85)/b14-12-,20-18-,27-25-,73-69+. The molecule has 2 unspecified atom stereocenters. The smallest absolute Gasteiger partial charge is 0.305 e. The zero-order valence-electron chi connectivity index (χ0n) is 58.8. The summed E-state index contributed by atoms with van der Waals surface area (Å²) in [5, 5.41) is 23.3. The Morgan fingerprint density at radius 1 is 0.322 bits per heavy atom. The monoisotopic (exact) mass is 1220 g/mol. The normalized spacial score (nSPS) is 12.7. The Hall–Kier alpha value is -2.18. The molecular weight excluding hydrogens is 1070 g/mol. The van der Waals surface area contributed by atoms with Gasteiger partial charge in [0.05, 0.1) is 25.4 Å². The predicted octanol–water partition coefficient (Wildman–Crippen LogP) is 26.0. The fourth-order valence-corrected chi connectivity index (χ4v) is 12.3. The summed E-state index contributed by atoms with van der Waals surface area (Å²) in [5.41, 5.74) is 0. The largest absolute Gasteiger partial charge is 0.466 e. The van der Waals surface area contributed by atoms with Crippen molar-refractivity contribution >= 4 is 11.9 Å². The van der Waals surface area contributed by atoms with Crippen molar-refractivity contribution in [2.45, 2.75) is 443 Å². The number of unbranched alkanes of at least 4 members (excludes halogenated alkanes) is 57. The van der Waals surface area contributed by atoms with Gasteiger partial charge in [-0.1, -0.05) is 377 Å². The summed E-state index contributed by atoms with van der Waals surface area (Å²) in [5.74, 6) is -0.0527. The van der Waals surface area contributed by atoms with Crippen molar-refractivity contribution in [1.29, 1.82) is 0 Å². The first-order chi connectivity index (χ1) is 43.0. The average Bonchev–Trinajstić information content (AvgIpc) is 3.53. The molecule has 0 fully saturated rings. The zero-order chi connectivity index (χ0) is 62.8. The molecule has 0 spiro atoms. The third-order valence-electron chi connectivity index (χ3n) is 18.3. The van der Waals surface area contributed by atoms with Gasteiger partial charge in [-0.05, 0) is 89.9 Å². The van der Waals surface area contributed by atoms with Crippen molar-refractivity contribution in [1.82, 2.24) is 5.32 Å². The van der Waals surface area contributed by atoms with Gasteiger partial charge in [0.25, 0.3) is 0 Å². The predicted molar refractivity (Wildman–Crippen MR) is 384 cm³/mol. The number of nitrogens with one attached hydrogen (secondary N) is 1. The third kappa shape index (κ3) is 72.8. The number of ether oxygens (including phenoxy) is 1. The summed E-state index contributed by atoms with van der Waals surface area (Å²) in [4.78, 5) is 24.7. The van der Waals surface area contributed by atoms with Gasteiger partial charge in [-0.25, -0.2) is 0 Å². The molecule has 2 atom stereocenters. The van der Waals surface area contributed by atoms with E-state index in [1.807, 2.05) is 6.08 Å². The lowest BCUT2D eigenvalue weighted by molar-refractivity contribution is -0.143. The fourth-order valence-electron chi connectivity index (χ4n) is 12.3. The van der Waals surface area contributed by atoms with E-state index in [0.717, 1.165) is 51.4 Å². The number of hydrogen-bond donors (Lipinski definition) is 3. The van der Waals surface area contributed by atoms with Gasteiger partial charge >= 0.3 is 5.97 Å². The molecule has 87 heavy (non-hydrogen) atoms. The second-order valence-corrected chi connectivity index (χ2v) is 27.0. The van der Waals surface area contributed by atoms with Crippen LogP contribution in [0.5, 0.6) is 0 Å². The number of aliphatic hydroxyl groups is 2. The van der Waals surface area contributed by atoms with Gasteiger partial charge in [0.15, 0.2) is 0 Å². The molecule has 0 aliphatic heterocycles. The van der Waals surface area contributed by atoms with Crippen LogP contribution in [-0.2, 0) is 14.3 Å². The van der Waals surface area contributed by atoms with Gasteiger partial charge in [0.1, 0.15) is 0 Å². The van der Waals surface area contributed by atoms with Crippen LogP contribution in [0.3, 0.4) is 0 Å². The van der Waals surface area contributed by atoms with Gasteiger partial charge in [-0.2, -0.15) is 0 Å². The van der Waals surface area contributed by atoms with Crippen molar-refractivity contribution in [3.8, 4) is 0 Å². The van der Waals surface area contributed by atoms with Crippen LogP contribution < -0.4 is 5.32 Å². The highest BCUT2D eigenvalue weighted by molar-refractivity contribution is 5.76. The summed E-state index contributed by atoms with van der Waals surface area (Å²) in [6.45, 7) is 4.92. The van der Waals surface area contributed by atoms with Crippen LogP contribution in [0.15, 0.2) is 48.6 Å². The Bertz CT molecular complexity index is 1450. The summed E-state index contributed by atoms with van der Waals surface area (Å²) >= 11 is 0. The van der Waals surface area contributed by atoms with Crippen LogP contribution in [0.4, 0.5) is 0 Å². The molecule has 1 amide bonds. The Morgan fingerprint density at radius 3 is 0.908 bits per heavy atom. The molecule has 0 heterocycles. The molecule has 0 bridgehead atoms. The van der Waals surface area contributed by atoms with Crippen molar-refractivity contribution in [2.75, 3.05) is 13.2 Å². The second-order valence-electron chi connectivity index (χ2n) is 27.0. The summed E-state index contributed by atoms with van der Waals surface area (Å²) < 4.78 is 5.50. The highest BCUT2D eigenvalue weighted by atomic mass is 16.5. The van der Waals surface area contributed by atoms with E-state index in [0.29, 0.717) is 19.4 Å². The summed E-state index contributed by atoms with van der Waals surface area (Å²) in [6, 6.07) is -0.629. The SMILES string of the molecule is CCCCC/C=C\C/C=C\CCCCCCCCCC(=O)OCCCCCCCCCCCCCC/C=C\CCCCCCCCCCCCCCCCC(=O)NC(CO)C(O)/C=C/CCCCCCCCCCCCCCCCCCCCCCC. The lowest BCUT2D eigenvalue weighted by Gasteiger charge is -2.20. The molecule has 6 nitrogen and oxygen atoms in total. The molecule has 6 heteroatoms. The van der Waals surface area contributed by atoms with Gasteiger partial charge in [0.2, 0.25) is 5.91 Å². The number of aliphatic hydroxyl groups excluding tert-OH is 2. The first-order valence-electron chi connectivity index (χ1n) is 39.4. The van der Waals surface area contributed by atoms with Crippen molar-refractivity contribution in [3.05, 3.63) is 48.6 Å². The van der Waals surface area contributed by atoms with Crippen molar-refractivity contribution in [2.24, 2.45) is 0 Å². The third-order valence-corrected chi connectivity index (χ3v) is 18.3. The Morgan fingerprint density at radius 2 is 0.575 bits per heavy atom. The molecule has 0 saturated heterocycles. The van der Waals surface area contributed by atoms with Crippen LogP contribution >= 0.6 is 0 Å². The van der Waals surface area contributed by atoms with Gasteiger partial charge in [0, 0.05) is 12.8 Å². The zero-order valence-corrected chi connectivity index (χ0v) is 58.8. The highest BCUT2D eigenvalue weighted by Crippen LogP contribution is 2.19. The van der Waals surface area contributed by atoms with Gasteiger partial charge in [-0.3, -0.25) is 9.59 Å². The number of carbonyl (C=O) groups is 2. The quantitative estimate of drug-likeness (QED) is 0.0320. The van der Waals surface area contributed by atoms with E-state index in [2.05, 4.69) is 55.6 Å². The lowest BCUT2D eigenvalue weighted by Crippen LogP contribution is -2.45. The van der Waals surface area contributed by atoms with Gasteiger partial charge in [-0.15, -0.1) is 0 Å². The molecular formula is C81H153NO5. The Kier molecular flexibility index (Phi) is 74.4. The molecule has 3 N–H and O–H groups in total. The minimum absolute atomic E-state index is 0.00952. The minimum Gasteiger partial charge on any atom is -0.466 e. The molecule has 0 aromatic carbocycles.